The van der Waals surface area contributed by atoms with Crippen molar-refractivity contribution in [2.75, 3.05) is 7.11 Å². The number of hydrogen-bond donors (Lipinski definition) is 1. The normalized spacial score (nSPS) is 12.9. The van der Waals surface area contributed by atoms with Crippen LogP contribution < -0.4 is 4.74 Å². The van der Waals surface area contributed by atoms with Gasteiger partial charge in [0, 0.05) is 22.9 Å². The number of allylic oxidation sites excluding steroid dienone is 1. The van der Waals surface area contributed by atoms with Crippen molar-refractivity contribution in [3.8, 4) is 34.5 Å². The standard InChI is InChI=1S/C26H19N3O3/c1-31-26-28-24(17-10-4-6-12-20(17)30)27-25(29-26)19-14-22-23(16-9-3-2-8-15(16)19)18-11-5-7-13-21(18)32-22/h2-6,8-12,14,30H,7,13H2,1H3. The Labute approximate surface area is 183 Å². The van der Waals surface area contributed by atoms with Gasteiger partial charge in [0.25, 0.3) is 0 Å². The highest BCUT2D eigenvalue weighted by molar-refractivity contribution is 6.15. The first-order valence-electron chi connectivity index (χ1n) is 10.5. The van der Waals surface area contributed by atoms with Gasteiger partial charge in [0.1, 0.15) is 17.1 Å². The van der Waals surface area contributed by atoms with Gasteiger partial charge in [-0.25, -0.2) is 4.98 Å². The van der Waals surface area contributed by atoms with Crippen LogP contribution in [0.15, 0.2) is 65.1 Å². The lowest BCUT2D eigenvalue weighted by Crippen LogP contribution is -2.01. The molecule has 0 aliphatic heterocycles. The fraction of sp³-hybridized carbons (Fsp3) is 0.115. The molecule has 0 atom stereocenters. The van der Waals surface area contributed by atoms with Crippen molar-refractivity contribution in [1.29, 1.82) is 0 Å². The van der Waals surface area contributed by atoms with Gasteiger partial charge >= 0.3 is 6.01 Å². The van der Waals surface area contributed by atoms with E-state index in [0.717, 1.165) is 51.5 Å². The van der Waals surface area contributed by atoms with Crippen LogP contribution in [0.1, 0.15) is 17.7 Å². The smallest absolute Gasteiger partial charge is 0.320 e. The van der Waals surface area contributed by atoms with Crippen LogP contribution >= 0.6 is 0 Å². The van der Waals surface area contributed by atoms with Crippen molar-refractivity contribution in [1.82, 2.24) is 15.0 Å². The molecule has 1 N–H and O–H groups in total. The number of phenolic OH excluding ortho intramolecular Hbond substituents is 1. The van der Waals surface area contributed by atoms with Crippen LogP contribution in [-0.4, -0.2) is 27.2 Å². The number of hydrogen-bond acceptors (Lipinski definition) is 6. The molecule has 3 aromatic carbocycles. The molecule has 0 spiro atoms. The van der Waals surface area contributed by atoms with Gasteiger partial charge in [-0.05, 0) is 35.4 Å². The highest BCUT2D eigenvalue weighted by atomic mass is 16.5. The maximum absolute atomic E-state index is 10.3. The molecule has 0 saturated carbocycles. The van der Waals surface area contributed by atoms with Crippen molar-refractivity contribution < 1.29 is 14.3 Å². The lowest BCUT2D eigenvalue weighted by atomic mass is 9.95. The number of nitrogens with zero attached hydrogens (tertiary/aromatic N) is 3. The summed E-state index contributed by atoms with van der Waals surface area (Å²) in [6.45, 7) is 0. The van der Waals surface area contributed by atoms with E-state index in [1.54, 1.807) is 18.2 Å². The summed E-state index contributed by atoms with van der Waals surface area (Å²) in [5.74, 6) is 1.90. The van der Waals surface area contributed by atoms with Gasteiger partial charge in [0.2, 0.25) is 0 Å². The third kappa shape index (κ3) is 2.84. The van der Waals surface area contributed by atoms with Crippen LogP contribution in [0, 0.1) is 0 Å². The predicted octanol–water partition coefficient (Wildman–Crippen LogP) is 5.78. The molecular weight excluding hydrogens is 402 g/mol. The lowest BCUT2D eigenvalue weighted by Gasteiger charge is -2.10. The number of fused-ring (bicyclic) bond motifs is 5. The van der Waals surface area contributed by atoms with Gasteiger partial charge < -0.3 is 14.3 Å². The summed E-state index contributed by atoms with van der Waals surface area (Å²) in [6, 6.07) is 17.3. The van der Waals surface area contributed by atoms with Crippen LogP contribution in [0.4, 0.5) is 0 Å². The lowest BCUT2D eigenvalue weighted by molar-refractivity contribution is 0.379. The van der Waals surface area contributed by atoms with Gasteiger partial charge in [-0.1, -0.05) is 48.6 Å². The average molecular weight is 421 g/mol. The minimum Gasteiger partial charge on any atom is -0.507 e. The molecule has 156 valence electrons. The Morgan fingerprint density at radius 1 is 0.906 bits per heavy atom. The average Bonchev–Trinajstić information content (AvgIpc) is 3.22. The molecule has 1 aliphatic carbocycles. The molecule has 1 aliphatic rings. The molecule has 2 heterocycles. The van der Waals surface area contributed by atoms with E-state index in [1.807, 2.05) is 24.3 Å². The molecule has 0 fully saturated rings. The Balaban J connectivity index is 1.66. The van der Waals surface area contributed by atoms with E-state index in [4.69, 9.17) is 14.1 Å². The summed E-state index contributed by atoms with van der Waals surface area (Å²) in [4.78, 5) is 13.6. The monoisotopic (exact) mass is 421 g/mol. The van der Waals surface area contributed by atoms with E-state index < -0.39 is 0 Å². The molecule has 0 amide bonds. The topological polar surface area (TPSA) is 81.3 Å². The van der Waals surface area contributed by atoms with Gasteiger partial charge in [0.15, 0.2) is 11.6 Å². The second-order valence-corrected chi connectivity index (χ2v) is 7.71. The third-order valence-corrected chi connectivity index (χ3v) is 5.82. The number of rotatable bonds is 3. The van der Waals surface area contributed by atoms with E-state index >= 15 is 0 Å². The first-order valence-corrected chi connectivity index (χ1v) is 10.5. The number of methoxy groups -OCH3 is 1. The molecule has 0 unspecified atom stereocenters. The number of benzene rings is 3. The van der Waals surface area contributed by atoms with E-state index in [1.165, 1.54) is 7.11 Å². The Bertz CT molecular complexity index is 1530. The van der Waals surface area contributed by atoms with E-state index in [0.29, 0.717) is 17.2 Å². The molecule has 0 bridgehead atoms. The number of aromatic hydroxyl groups is 1. The van der Waals surface area contributed by atoms with E-state index in [-0.39, 0.29) is 11.8 Å². The number of aryl methyl sites for hydroxylation is 1. The number of aromatic nitrogens is 3. The maximum Gasteiger partial charge on any atom is 0.320 e. The number of furan rings is 1. The van der Waals surface area contributed by atoms with E-state index in [9.17, 15) is 5.11 Å². The first-order chi connectivity index (χ1) is 15.7. The van der Waals surface area contributed by atoms with Gasteiger partial charge in [-0.2, -0.15) is 9.97 Å². The van der Waals surface area contributed by atoms with E-state index in [2.05, 4.69) is 34.3 Å². The van der Waals surface area contributed by atoms with Crippen LogP contribution in [0.25, 0.3) is 50.6 Å². The van der Waals surface area contributed by atoms with Crippen molar-refractivity contribution in [3.05, 3.63) is 72.0 Å². The highest BCUT2D eigenvalue weighted by Crippen LogP contribution is 2.40. The molecule has 2 aromatic heterocycles. The molecule has 6 heteroatoms. The summed E-state index contributed by atoms with van der Waals surface area (Å²) in [6.07, 6.45) is 6.21. The van der Waals surface area contributed by atoms with Crippen LogP contribution in [-0.2, 0) is 6.42 Å². The van der Waals surface area contributed by atoms with Crippen LogP contribution in [0.2, 0.25) is 0 Å². The summed E-state index contributed by atoms with van der Waals surface area (Å²) in [5.41, 5.74) is 3.29. The zero-order chi connectivity index (χ0) is 21.7. The largest absolute Gasteiger partial charge is 0.507 e. The summed E-state index contributed by atoms with van der Waals surface area (Å²) in [7, 11) is 1.52. The predicted molar refractivity (Wildman–Crippen MR) is 124 cm³/mol. The van der Waals surface area contributed by atoms with Crippen LogP contribution in [0.5, 0.6) is 11.8 Å². The minimum atomic E-state index is 0.0949. The molecule has 6 nitrogen and oxygen atoms in total. The minimum absolute atomic E-state index is 0.0949. The fourth-order valence-corrected chi connectivity index (χ4v) is 4.35. The molecule has 5 aromatic rings. The molecular formula is C26H19N3O3. The van der Waals surface area contributed by atoms with Gasteiger partial charge in [-0.3, -0.25) is 0 Å². The third-order valence-electron chi connectivity index (χ3n) is 5.82. The molecule has 6 rings (SSSR count). The zero-order valence-electron chi connectivity index (χ0n) is 17.4. The summed E-state index contributed by atoms with van der Waals surface area (Å²) in [5, 5.41) is 13.5. The second-order valence-electron chi connectivity index (χ2n) is 7.71. The fourth-order valence-electron chi connectivity index (χ4n) is 4.35. The SMILES string of the molecule is COc1nc(-c2ccccc2O)nc(-c2cc3oc4c(c3c3ccccc23)C=CCC4)n1. The maximum atomic E-state index is 10.3. The Morgan fingerprint density at radius 3 is 2.47 bits per heavy atom. The number of ether oxygens (including phenoxy) is 1. The zero-order valence-corrected chi connectivity index (χ0v) is 17.4. The highest BCUT2D eigenvalue weighted by Gasteiger charge is 2.21. The Morgan fingerprint density at radius 2 is 1.66 bits per heavy atom. The number of para-hydroxylation sites is 1. The van der Waals surface area contributed by atoms with Crippen molar-refractivity contribution in [3.63, 3.8) is 0 Å². The van der Waals surface area contributed by atoms with Crippen molar-refractivity contribution >= 4 is 27.8 Å². The van der Waals surface area contributed by atoms with Crippen molar-refractivity contribution in [2.45, 2.75) is 12.8 Å². The quantitative estimate of drug-likeness (QED) is 0.398. The summed E-state index contributed by atoms with van der Waals surface area (Å²) < 4.78 is 11.6. The second kappa shape index (κ2) is 7.20. The Hall–Kier alpha value is -4.19. The van der Waals surface area contributed by atoms with Gasteiger partial charge in [-0.15, -0.1) is 0 Å². The molecule has 32 heavy (non-hydrogen) atoms. The first kappa shape index (κ1) is 18.6. The number of phenols is 1. The molecule has 0 saturated heterocycles. The Kier molecular flexibility index (Phi) is 4.18. The summed E-state index contributed by atoms with van der Waals surface area (Å²) >= 11 is 0. The van der Waals surface area contributed by atoms with Crippen molar-refractivity contribution in [2.24, 2.45) is 0 Å². The molecule has 0 radical (unpaired) electrons. The van der Waals surface area contributed by atoms with Crippen LogP contribution in [0.3, 0.4) is 0 Å². The van der Waals surface area contributed by atoms with Gasteiger partial charge in [0.05, 0.1) is 12.7 Å².